The Balaban J connectivity index is 2.10. The van der Waals surface area contributed by atoms with Crippen molar-refractivity contribution in [3.8, 4) is 5.95 Å². The second-order valence-electron chi connectivity index (χ2n) is 4.04. The van der Waals surface area contributed by atoms with Crippen molar-refractivity contribution in [2.75, 3.05) is 14.2 Å². The lowest BCUT2D eigenvalue weighted by molar-refractivity contribution is 0.0599. The summed E-state index contributed by atoms with van der Waals surface area (Å²) in [6.07, 6.45) is 0. The number of benzene rings is 1. The van der Waals surface area contributed by atoms with E-state index >= 15 is 0 Å². The van der Waals surface area contributed by atoms with Crippen molar-refractivity contribution in [1.82, 2.24) is 5.32 Å². The van der Waals surface area contributed by atoms with Crippen molar-refractivity contribution in [2.24, 2.45) is 4.99 Å². The Hall–Kier alpha value is -2.61. The minimum atomic E-state index is -0.614. The standard InChI is InChI=1S/C14H14N2O5S/c1-19-11(17)10-12(20-2)21-14(22-10)16-13(18)15-8-9-6-4-3-5-7-9/h3-7H,8H2,1-2H3,(H,15,18)/b16-14-. The monoisotopic (exact) mass is 322 g/mol. The number of esters is 1. The number of rotatable bonds is 4. The fourth-order valence-corrected chi connectivity index (χ4v) is 2.36. The molecule has 0 saturated carbocycles. The van der Waals surface area contributed by atoms with Gasteiger partial charge in [0.25, 0.3) is 4.87 Å². The summed E-state index contributed by atoms with van der Waals surface area (Å²) in [5, 5.41) is 2.62. The molecular weight excluding hydrogens is 308 g/mol. The van der Waals surface area contributed by atoms with Crippen LogP contribution in [0.3, 0.4) is 0 Å². The van der Waals surface area contributed by atoms with Crippen LogP contribution in [0, 0.1) is 0 Å². The quantitative estimate of drug-likeness (QED) is 0.869. The van der Waals surface area contributed by atoms with Crippen molar-refractivity contribution >= 4 is 23.3 Å². The van der Waals surface area contributed by atoms with Gasteiger partial charge in [-0.2, -0.15) is 0 Å². The van der Waals surface area contributed by atoms with E-state index in [-0.39, 0.29) is 15.7 Å². The van der Waals surface area contributed by atoms with E-state index in [2.05, 4.69) is 15.0 Å². The van der Waals surface area contributed by atoms with Gasteiger partial charge in [-0.05, 0) is 5.56 Å². The number of hydrogen-bond acceptors (Lipinski definition) is 6. The number of amides is 2. The predicted octanol–water partition coefficient (Wildman–Crippen LogP) is 1.95. The molecule has 8 heteroatoms. The SMILES string of the molecule is COC(=O)c1s/c(=N\C(=O)NCc2ccccc2)oc1OC. The molecule has 0 aliphatic rings. The molecule has 1 aromatic heterocycles. The largest absolute Gasteiger partial charge is 0.467 e. The average molecular weight is 322 g/mol. The summed E-state index contributed by atoms with van der Waals surface area (Å²) in [5.41, 5.74) is 0.946. The van der Waals surface area contributed by atoms with Gasteiger partial charge in [-0.3, -0.25) is 0 Å². The Morgan fingerprint density at radius 2 is 2.00 bits per heavy atom. The second-order valence-corrected chi connectivity index (χ2v) is 5.00. The van der Waals surface area contributed by atoms with Crippen molar-refractivity contribution in [3.63, 3.8) is 0 Å². The third kappa shape index (κ3) is 3.95. The molecule has 0 bridgehead atoms. The number of hydrogen-bond donors (Lipinski definition) is 1. The summed E-state index contributed by atoms with van der Waals surface area (Å²) < 4.78 is 14.7. The molecule has 0 saturated heterocycles. The highest BCUT2D eigenvalue weighted by molar-refractivity contribution is 7.11. The molecule has 1 N–H and O–H groups in total. The van der Waals surface area contributed by atoms with E-state index in [4.69, 9.17) is 9.15 Å². The highest BCUT2D eigenvalue weighted by Crippen LogP contribution is 2.21. The van der Waals surface area contributed by atoms with E-state index in [1.54, 1.807) is 0 Å². The van der Waals surface area contributed by atoms with Gasteiger partial charge in [0.05, 0.1) is 14.2 Å². The maximum absolute atomic E-state index is 11.7. The van der Waals surface area contributed by atoms with Crippen molar-refractivity contribution in [1.29, 1.82) is 0 Å². The topological polar surface area (TPSA) is 90.1 Å². The van der Waals surface area contributed by atoms with Gasteiger partial charge in [0.15, 0.2) is 4.88 Å². The lowest BCUT2D eigenvalue weighted by Gasteiger charge is -2.00. The van der Waals surface area contributed by atoms with E-state index in [1.807, 2.05) is 30.3 Å². The first-order valence-electron chi connectivity index (χ1n) is 6.26. The fraction of sp³-hybridized carbons (Fsp3) is 0.214. The zero-order valence-corrected chi connectivity index (χ0v) is 12.8. The van der Waals surface area contributed by atoms with Crippen LogP contribution in [0.4, 0.5) is 4.79 Å². The molecule has 2 rings (SSSR count). The average Bonchev–Trinajstić information content (AvgIpc) is 2.96. The summed E-state index contributed by atoms with van der Waals surface area (Å²) in [6, 6.07) is 8.83. The van der Waals surface area contributed by atoms with Crippen LogP contribution in [0.1, 0.15) is 15.2 Å². The van der Waals surface area contributed by atoms with Crippen LogP contribution in [0.5, 0.6) is 5.95 Å². The summed E-state index contributed by atoms with van der Waals surface area (Å²) in [5.74, 6) is -0.650. The number of nitrogens with zero attached hydrogens (tertiary/aromatic N) is 1. The Morgan fingerprint density at radius 3 is 2.64 bits per heavy atom. The van der Waals surface area contributed by atoms with Crippen molar-refractivity contribution < 1.29 is 23.5 Å². The molecule has 116 valence electrons. The van der Waals surface area contributed by atoms with Crippen LogP contribution in [-0.4, -0.2) is 26.2 Å². The van der Waals surface area contributed by atoms with Crippen molar-refractivity contribution in [2.45, 2.75) is 6.54 Å². The van der Waals surface area contributed by atoms with Crippen LogP contribution in [-0.2, 0) is 11.3 Å². The number of methoxy groups -OCH3 is 2. The molecule has 0 unspecified atom stereocenters. The Morgan fingerprint density at radius 1 is 1.27 bits per heavy atom. The molecule has 7 nitrogen and oxygen atoms in total. The van der Waals surface area contributed by atoms with Crippen LogP contribution < -0.4 is 14.9 Å². The molecule has 1 aromatic carbocycles. The van der Waals surface area contributed by atoms with Crippen molar-refractivity contribution in [3.05, 3.63) is 45.6 Å². The molecule has 0 fully saturated rings. The summed E-state index contributed by atoms with van der Waals surface area (Å²) in [4.78, 5) is 27.1. The lowest BCUT2D eigenvalue weighted by Crippen LogP contribution is -2.20. The first kappa shape index (κ1) is 15.8. The molecule has 0 atom stereocenters. The molecule has 0 aliphatic carbocycles. The maximum Gasteiger partial charge on any atom is 0.355 e. The van der Waals surface area contributed by atoms with E-state index in [0.717, 1.165) is 16.9 Å². The molecule has 2 aromatic rings. The molecule has 0 aliphatic heterocycles. The summed E-state index contributed by atoms with van der Waals surface area (Å²) in [7, 11) is 2.59. The molecule has 22 heavy (non-hydrogen) atoms. The molecule has 0 radical (unpaired) electrons. The van der Waals surface area contributed by atoms with Crippen LogP contribution >= 0.6 is 11.3 Å². The van der Waals surface area contributed by atoms with Crippen LogP contribution in [0.15, 0.2) is 39.7 Å². The zero-order valence-electron chi connectivity index (χ0n) is 12.0. The third-order valence-corrected chi connectivity index (χ3v) is 3.48. The minimum Gasteiger partial charge on any atom is -0.467 e. The molecule has 1 heterocycles. The van der Waals surface area contributed by atoms with Gasteiger partial charge in [-0.15, -0.1) is 4.99 Å². The van der Waals surface area contributed by atoms with E-state index in [1.165, 1.54) is 14.2 Å². The highest BCUT2D eigenvalue weighted by Gasteiger charge is 2.19. The van der Waals surface area contributed by atoms with Gasteiger partial charge in [-0.25, -0.2) is 9.59 Å². The highest BCUT2D eigenvalue weighted by atomic mass is 32.1. The zero-order chi connectivity index (χ0) is 15.9. The number of urea groups is 1. The van der Waals surface area contributed by atoms with Gasteiger partial charge >= 0.3 is 17.9 Å². The fourth-order valence-electron chi connectivity index (χ4n) is 1.57. The second kappa shape index (κ2) is 7.41. The first-order valence-corrected chi connectivity index (χ1v) is 7.08. The lowest BCUT2D eigenvalue weighted by atomic mass is 10.2. The van der Waals surface area contributed by atoms with Gasteiger partial charge in [0, 0.05) is 6.54 Å². The van der Waals surface area contributed by atoms with Gasteiger partial charge in [-0.1, -0.05) is 41.7 Å². The summed E-state index contributed by atoms with van der Waals surface area (Å²) >= 11 is 0.873. The van der Waals surface area contributed by atoms with E-state index in [0.29, 0.717) is 6.54 Å². The normalized spacial score (nSPS) is 11.1. The third-order valence-electron chi connectivity index (χ3n) is 2.59. The molecular formula is C14H14N2O5S. The predicted molar refractivity (Wildman–Crippen MR) is 78.7 cm³/mol. The first-order chi connectivity index (χ1) is 10.6. The maximum atomic E-state index is 11.7. The molecule has 2 amide bonds. The Kier molecular flexibility index (Phi) is 5.31. The smallest absolute Gasteiger partial charge is 0.355 e. The Bertz CT molecular complexity index is 720. The van der Waals surface area contributed by atoms with Gasteiger partial charge in [0.1, 0.15) is 0 Å². The number of ether oxygens (including phenoxy) is 2. The number of nitrogens with one attached hydrogen (secondary N) is 1. The van der Waals surface area contributed by atoms with E-state index < -0.39 is 12.0 Å². The van der Waals surface area contributed by atoms with Crippen LogP contribution in [0.2, 0.25) is 0 Å². The Labute approximate surface area is 130 Å². The summed E-state index contributed by atoms with van der Waals surface area (Å²) in [6.45, 7) is 0.343. The molecule has 0 spiro atoms. The minimum absolute atomic E-state index is 0.00260. The van der Waals surface area contributed by atoms with E-state index in [9.17, 15) is 9.59 Å². The number of carbonyl (C=O) groups excluding carboxylic acids is 2. The number of carbonyl (C=O) groups is 2. The van der Waals surface area contributed by atoms with Crippen LogP contribution in [0.25, 0.3) is 0 Å². The van der Waals surface area contributed by atoms with Gasteiger partial charge in [0.2, 0.25) is 0 Å². The van der Waals surface area contributed by atoms with Gasteiger partial charge < -0.3 is 19.2 Å².